The summed E-state index contributed by atoms with van der Waals surface area (Å²) in [7, 11) is 0. The minimum atomic E-state index is -4.55. The summed E-state index contributed by atoms with van der Waals surface area (Å²) in [6, 6.07) is 11.3. The van der Waals surface area contributed by atoms with Gasteiger partial charge >= 0.3 is 6.18 Å². The van der Waals surface area contributed by atoms with Gasteiger partial charge in [-0.05, 0) is 67.6 Å². The number of β-lactam (4-membered cyclic amide) rings is 1. The highest BCUT2D eigenvalue weighted by atomic mass is 19.4. The molecule has 1 saturated carbocycles. The number of fused-ring (bicyclic) bond motifs is 1. The highest BCUT2D eigenvalue weighted by molar-refractivity contribution is 6.04. The number of imidazole rings is 1. The molecule has 1 N–H and O–H groups in total. The molecule has 1 amide bonds. The standard InChI is InChI=1S/C24H19F3N6O/c1-12-15(5-7-17(30-12)18-8-9-20(32-31-18)24(25,26)27)22-21(13-2-3-13)23(34)33(22)14-4-6-16-19(10-14)29-11-28-16/h4-11,13,21-22H,2-3H2,1H3,(H,28,29)/t21?,22-/m1/s1. The van der Waals surface area contributed by atoms with Crippen molar-refractivity contribution in [2.75, 3.05) is 4.90 Å². The number of alkyl halides is 3. The Hall–Kier alpha value is -3.82. The summed E-state index contributed by atoms with van der Waals surface area (Å²) in [5, 5.41) is 7.00. The van der Waals surface area contributed by atoms with E-state index in [1.54, 1.807) is 17.3 Å². The molecule has 34 heavy (non-hydrogen) atoms. The van der Waals surface area contributed by atoms with Crippen LogP contribution in [0.2, 0.25) is 0 Å². The smallest absolute Gasteiger partial charge is 0.345 e. The number of rotatable bonds is 4. The fourth-order valence-corrected chi connectivity index (χ4v) is 4.76. The fourth-order valence-electron chi connectivity index (χ4n) is 4.76. The Morgan fingerprint density at radius 1 is 1.03 bits per heavy atom. The van der Waals surface area contributed by atoms with Crippen molar-refractivity contribution in [2.45, 2.75) is 32.0 Å². The van der Waals surface area contributed by atoms with Crippen molar-refractivity contribution < 1.29 is 18.0 Å². The van der Waals surface area contributed by atoms with Crippen LogP contribution >= 0.6 is 0 Å². The van der Waals surface area contributed by atoms with Crippen molar-refractivity contribution in [2.24, 2.45) is 11.8 Å². The number of benzene rings is 1. The summed E-state index contributed by atoms with van der Waals surface area (Å²) in [5.74, 6) is 0.356. The number of H-pyrrole nitrogens is 1. The highest BCUT2D eigenvalue weighted by Crippen LogP contribution is 2.54. The van der Waals surface area contributed by atoms with Crippen LogP contribution in [0.25, 0.3) is 22.4 Å². The van der Waals surface area contributed by atoms with Crippen molar-refractivity contribution in [1.82, 2.24) is 25.1 Å². The number of nitrogens with one attached hydrogen (secondary N) is 1. The molecule has 2 aliphatic rings. The van der Waals surface area contributed by atoms with Crippen LogP contribution in [0, 0.1) is 18.8 Å². The number of aryl methyl sites for hydroxylation is 1. The van der Waals surface area contributed by atoms with E-state index in [1.165, 1.54) is 6.07 Å². The number of nitrogens with zero attached hydrogens (tertiary/aromatic N) is 5. The molecule has 10 heteroatoms. The van der Waals surface area contributed by atoms with Crippen molar-refractivity contribution in [3.8, 4) is 11.4 Å². The van der Waals surface area contributed by atoms with Crippen LogP contribution in [0.1, 0.15) is 35.8 Å². The van der Waals surface area contributed by atoms with E-state index in [4.69, 9.17) is 0 Å². The van der Waals surface area contributed by atoms with E-state index in [9.17, 15) is 18.0 Å². The number of hydrogen-bond donors (Lipinski definition) is 1. The van der Waals surface area contributed by atoms with Gasteiger partial charge in [0.2, 0.25) is 5.91 Å². The van der Waals surface area contributed by atoms with Crippen molar-refractivity contribution in [3.63, 3.8) is 0 Å². The number of amides is 1. The van der Waals surface area contributed by atoms with E-state index < -0.39 is 11.9 Å². The van der Waals surface area contributed by atoms with Gasteiger partial charge in [-0.15, -0.1) is 10.2 Å². The molecule has 1 unspecified atom stereocenters. The van der Waals surface area contributed by atoms with Gasteiger partial charge in [-0.25, -0.2) is 4.98 Å². The summed E-state index contributed by atoms with van der Waals surface area (Å²) in [5.41, 5.74) is 3.72. The van der Waals surface area contributed by atoms with Crippen LogP contribution in [0.4, 0.5) is 18.9 Å². The van der Waals surface area contributed by atoms with E-state index >= 15 is 0 Å². The molecule has 1 aliphatic heterocycles. The maximum absolute atomic E-state index is 13.2. The maximum Gasteiger partial charge on any atom is 0.435 e. The van der Waals surface area contributed by atoms with Crippen LogP contribution in [0.5, 0.6) is 0 Å². The largest absolute Gasteiger partial charge is 0.435 e. The molecule has 6 rings (SSSR count). The van der Waals surface area contributed by atoms with E-state index in [-0.39, 0.29) is 23.6 Å². The molecule has 1 aromatic carbocycles. The zero-order valence-electron chi connectivity index (χ0n) is 18.0. The lowest BCUT2D eigenvalue weighted by atomic mass is 9.78. The number of aromatic amines is 1. The second kappa shape index (κ2) is 7.34. The molecule has 0 spiro atoms. The van der Waals surface area contributed by atoms with Crippen LogP contribution in [-0.2, 0) is 11.0 Å². The summed E-state index contributed by atoms with van der Waals surface area (Å²) >= 11 is 0. The van der Waals surface area contributed by atoms with E-state index in [0.29, 0.717) is 17.3 Å². The first-order valence-electron chi connectivity index (χ1n) is 11.0. The Bertz CT molecular complexity index is 1410. The Morgan fingerprint density at radius 3 is 2.50 bits per heavy atom. The van der Waals surface area contributed by atoms with Gasteiger partial charge in [0, 0.05) is 11.4 Å². The third-order valence-corrected chi connectivity index (χ3v) is 6.62. The molecule has 1 aliphatic carbocycles. The fraction of sp³-hybridized carbons (Fsp3) is 0.292. The number of pyridine rings is 1. The van der Waals surface area contributed by atoms with Crippen molar-refractivity contribution in [3.05, 3.63) is 65.7 Å². The van der Waals surface area contributed by atoms with E-state index in [2.05, 4.69) is 25.1 Å². The zero-order valence-corrected chi connectivity index (χ0v) is 18.0. The molecule has 3 aromatic heterocycles. The molecule has 0 bridgehead atoms. The zero-order chi connectivity index (χ0) is 23.6. The lowest BCUT2D eigenvalue weighted by molar-refractivity contribution is -0.141. The van der Waals surface area contributed by atoms with Gasteiger partial charge in [-0.1, -0.05) is 6.07 Å². The maximum atomic E-state index is 13.2. The Kier molecular flexibility index (Phi) is 4.48. The molecule has 7 nitrogen and oxygen atoms in total. The molecular weight excluding hydrogens is 445 g/mol. The van der Waals surface area contributed by atoms with E-state index in [1.807, 2.05) is 31.2 Å². The average Bonchev–Trinajstić information content (AvgIpc) is 3.52. The van der Waals surface area contributed by atoms with Gasteiger partial charge in [-0.2, -0.15) is 13.2 Å². The average molecular weight is 464 g/mol. The third kappa shape index (κ3) is 3.32. The second-order valence-corrected chi connectivity index (χ2v) is 8.79. The Morgan fingerprint density at radius 2 is 1.82 bits per heavy atom. The molecule has 4 heterocycles. The lowest BCUT2D eigenvalue weighted by Gasteiger charge is -2.48. The molecule has 2 fully saturated rings. The number of carbonyl (C=O) groups is 1. The molecule has 2 atom stereocenters. The summed E-state index contributed by atoms with van der Waals surface area (Å²) in [6.07, 6.45) is -0.862. The number of anilines is 1. The van der Waals surface area contributed by atoms with Crippen molar-refractivity contribution >= 4 is 22.6 Å². The number of hydrogen-bond acceptors (Lipinski definition) is 5. The monoisotopic (exact) mass is 464 g/mol. The SMILES string of the molecule is Cc1nc(-c2ccc(C(F)(F)F)nn2)ccc1[C@@H]1C(C2CC2)C(=O)N1c1ccc2[nH]cnc2c1. The Balaban J connectivity index is 1.35. The molecular formula is C24H19F3N6O. The van der Waals surface area contributed by atoms with Gasteiger partial charge in [0.1, 0.15) is 5.69 Å². The quantitative estimate of drug-likeness (QED) is 0.436. The number of carbonyl (C=O) groups excluding carboxylic acids is 1. The molecule has 4 aromatic rings. The minimum absolute atomic E-state index is 0.0967. The van der Waals surface area contributed by atoms with Crippen LogP contribution in [0.15, 0.2) is 48.8 Å². The van der Waals surface area contributed by atoms with Crippen LogP contribution < -0.4 is 4.90 Å². The molecule has 172 valence electrons. The first-order valence-corrected chi connectivity index (χ1v) is 11.0. The topological polar surface area (TPSA) is 87.7 Å². The predicted octanol–water partition coefficient (Wildman–Crippen LogP) is 4.86. The van der Waals surface area contributed by atoms with Gasteiger partial charge < -0.3 is 9.88 Å². The van der Waals surface area contributed by atoms with Crippen LogP contribution in [0.3, 0.4) is 0 Å². The summed E-state index contributed by atoms with van der Waals surface area (Å²) < 4.78 is 38.4. The highest BCUT2D eigenvalue weighted by Gasteiger charge is 2.55. The van der Waals surface area contributed by atoms with Gasteiger partial charge in [0.15, 0.2) is 5.69 Å². The number of aromatic nitrogens is 5. The number of halogens is 3. The summed E-state index contributed by atoms with van der Waals surface area (Å²) in [6.45, 7) is 1.85. The van der Waals surface area contributed by atoms with Gasteiger partial charge in [0.05, 0.1) is 35.0 Å². The molecule has 1 saturated heterocycles. The first kappa shape index (κ1) is 20.8. The summed E-state index contributed by atoms with van der Waals surface area (Å²) in [4.78, 5) is 27.0. The Labute approximate surface area is 192 Å². The normalized spacial score (nSPS) is 20.6. The first-order chi connectivity index (χ1) is 16.3. The van der Waals surface area contributed by atoms with Crippen LogP contribution in [-0.4, -0.2) is 31.1 Å². The second-order valence-electron chi connectivity index (χ2n) is 8.79. The molecule has 0 radical (unpaired) electrons. The van der Waals surface area contributed by atoms with Crippen molar-refractivity contribution in [1.29, 1.82) is 0 Å². The van der Waals surface area contributed by atoms with Gasteiger partial charge in [-0.3, -0.25) is 9.78 Å². The third-order valence-electron chi connectivity index (χ3n) is 6.62. The predicted molar refractivity (Wildman–Crippen MR) is 118 cm³/mol. The lowest BCUT2D eigenvalue weighted by Crippen LogP contribution is -2.56. The van der Waals surface area contributed by atoms with Gasteiger partial charge in [0.25, 0.3) is 0 Å². The minimum Gasteiger partial charge on any atom is -0.345 e. The van der Waals surface area contributed by atoms with E-state index in [0.717, 1.165) is 41.2 Å².